The minimum atomic E-state index is -0.273. The molecule has 56 heavy (non-hydrogen) atoms. The van der Waals surface area contributed by atoms with Crippen molar-refractivity contribution < 1.29 is 14.3 Å². The number of nitrogens with one attached hydrogen (secondary N) is 2. The number of nitrogens with zero attached hydrogens (tertiary/aromatic N) is 1. The highest BCUT2D eigenvalue weighted by Crippen LogP contribution is 2.40. The molecule has 6 rings (SSSR count). The zero-order chi connectivity index (χ0) is 39.4. The molecule has 4 aromatic carbocycles. The van der Waals surface area contributed by atoms with Crippen molar-refractivity contribution in [2.45, 2.75) is 138 Å². The number of hydrogen-bond acceptors (Lipinski definition) is 6. The average Bonchev–Trinajstić information content (AvgIpc) is 3.15. The van der Waals surface area contributed by atoms with Gasteiger partial charge in [0.1, 0.15) is 11.5 Å². The molecule has 4 aromatic rings. The van der Waals surface area contributed by atoms with E-state index >= 15 is 0 Å². The van der Waals surface area contributed by atoms with Gasteiger partial charge in [0.2, 0.25) is 5.91 Å². The summed E-state index contributed by atoms with van der Waals surface area (Å²) in [5, 5.41) is 20.0. The van der Waals surface area contributed by atoms with Gasteiger partial charge < -0.3 is 25.8 Å². The van der Waals surface area contributed by atoms with E-state index in [1.54, 1.807) is 0 Å². The number of fused-ring (bicyclic) bond motifs is 2. The van der Waals surface area contributed by atoms with Crippen molar-refractivity contribution in [3.63, 3.8) is 0 Å². The SMILES string of the molecule is C.CC(C)(C)C1CCC(Oc2ccc3cc(CNCCC#N)ccc3c2)CC1.CC(C)(C)C1CCC(Oc2ccc3cc(CNCCC(N)=O)ccc3c2)CC1. The summed E-state index contributed by atoms with van der Waals surface area (Å²) >= 11 is 0. The summed E-state index contributed by atoms with van der Waals surface area (Å²) in [6, 6.07) is 27.9. The Kier molecular flexibility index (Phi) is 16.6. The van der Waals surface area contributed by atoms with Crippen molar-refractivity contribution in [1.82, 2.24) is 10.6 Å². The Morgan fingerprint density at radius 1 is 0.643 bits per heavy atom. The lowest BCUT2D eigenvalue weighted by Gasteiger charge is -2.37. The molecule has 304 valence electrons. The lowest BCUT2D eigenvalue weighted by Crippen LogP contribution is -2.30. The third-order valence-electron chi connectivity index (χ3n) is 11.8. The Balaban J connectivity index is 0.000000244. The fourth-order valence-corrected chi connectivity index (χ4v) is 8.21. The molecule has 0 heterocycles. The lowest BCUT2D eigenvalue weighted by molar-refractivity contribution is -0.117. The average molecular weight is 763 g/mol. The van der Waals surface area contributed by atoms with E-state index in [9.17, 15) is 4.79 Å². The fraction of sp³-hybridized carbons (Fsp3) is 0.551. The predicted octanol–water partition coefficient (Wildman–Crippen LogP) is 11.3. The van der Waals surface area contributed by atoms with Gasteiger partial charge in [0.25, 0.3) is 0 Å². The van der Waals surface area contributed by atoms with Crippen molar-refractivity contribution in [2.24, 2.45) is 28.4 Å². The van der Waals surface area contributed by atoms with Crippen molar-refractivity contribution in [2.75, 3.05) is 13.1 Å². The molecule has 0 aliphatic heterocycles. The van der Waals surface area contributed by atoms with Gasteiger partial charge in [0.05, 0.1) is 18.3 Å². The molecule has 7 heteroatoms. The van der Waals surface area contributed by atoms with Gasteiger partial charge in [-0.15, -0.1) is 0 Å². The van der Waals surface area contributed by atoms with Crippen molar-refractivity contribution in [3.05, 3.63) is 83.9 Å². The molecule has 2 fully saturated rings. The third-order valence-corrected chi connectivity index (χ3v) is 11.8. The molecule has 7 nitrogen and oxygen atoms in total. The van der Waals surface area contributed by atoms with Crippen molar-refractivity contribution >= 4 is 27.5 Å². The second-order valence-corrected chi connectivity index (χ2v) is 18.1. The Morgan fingerprint density at radius 2 is 1.04 bits per heavy atom. The van der Waals surface area contributed by atoms with Crippen LogP contribution in [0.5, 0.6) is 11.5 Å². The van der Waals surface area contributed by atoms with E-state index in [1.165, 1.54) is 58.4 Å². The number of benzene rings is 4. The highest BCUT2D eigenvalue weighted by molar-refractivity contribution is 5.85. The van der Waals surface area contributed by atoms with E-state index in [0.717, 1.165) is 68.7 Å². The van der Waals surface area contributed by atoms with Crippen LogP contribution in [0.25, 0.3) is 21.5 Å². The number of ether oxygens (including phenoxy) is 2. The molecule has 0 saturated heterocycles. The molecule has 0 aromatic heterocycles. The molecule has 2 aliphatic carbocycles. The summed E-state index contributed by atoms with van der Waals surface area (Å²) in [4.78, 5) is 10.8. The highest BCUT2D eigenvalue weighted by Gasteiger charge is 2.31. The minimum absolute atomic E-state index is 0. The van der Waals surface area contributed by atoms with Crippen LogP contribution >= 0.6 is 0 Å². The number of nitrogens with two attached hydrogens (primary N) is 1. The van der Waals surface area contributed by atoms with Crippen LogP contribution in [0.1, 0.15) is 124 Å². The molecule has 0 radical (unpaired) electrons. The highest BCUT2D eigenvalue weighted by atomic mass is 16.5. The van der Waals surface area contributed by atoms with E-state index in [0.29, 0.717) is 42.4 Å². The molecular weight excluding hydrogens is 693 g/mol. The van der Waals surface area contributed by atoms with E-state index < -0.39 is 0 Å². The number of rotatable bonds is 13. The first-order chi connectivity index (χ1) is 26.3. The zero-order valence-corrected chi connectivity index (χ0v) is 34.4. The smallest absolute Gasteiger partial charge is 0.218 e. The fourth-order valence-electron chi connectivity index (χ4n) is 8.21. The minimum Gasteiger partial charge on any atom is -0.490 e. The van der Waals surface area contributed by atoms with Crippen LogP contribution in [0.2, 0.25) is 0 Å². The standard InChI is InChI=1S/C24H34N2O2.C24H32N2O.CH4/c1-24(2,3)20-7-10-21(11-8-20)28-22-9-6-18-14-17(4-5-19(18)15-22)16-26-13-12-23(25)27;1-24(2,3)21-8-11-22(12-9-21)27-23-10-7-19-15-18(5-6-20(19)16-23)17-26-14-4-13-25;/h4-6,9,14-15,20-21,26H,7-8,10-13,16H2,1-3H3,(H2,25,27);5-7,10,15-16,21-22,26H,4,8-9,11-12,14,17H2,1-3H3;1H4. The summed E-state index contributed by atoms with van der Waals surface area (Å²) in [6.45, 7) is 17.0. The van der Waals surface area contributed by atoms with Gasteiger partial charge in [-0.25, -0.2) is 0 Å². The van der Waals surface area contributed by atoms with Crippen molar-refractivity contribution in [1.29, 1.82) is 5.26 Å². The molecule has 2 saturated carbocycles. The number of primary amides is 1. The maximum Gasteiger partial charge on any atom is 0.218 e. The quantitative estimate of drug-likeness (QED) is 0.117. The van der Waals surface area contributed by atoms with Crippen LogP contribution in [-0.4, -0.2) is 31.2 Å². The maximum absolute atomic E-state index is 10.8. The van der Waals surface area contributed by atoms with Gasteiger partial charge >= 0.3 is 0 Å². The van der Waals surface area contributed by atoms with Gasteiger partial charge in [-0.3, -0.25) is 4.79 Å². The van der Waals surface area contributed by atoms with Crippen molar-refractivity contribution in [3.8, 4) is 17.6 Å². The van der Waals surface area contributed by atoms with E-state index in [1.807, 2.05) is 0 Å². The van der Waals surface area contributed by atoms with Crippen LogP contribution < -0.4 is 25.8 Å². The monoisotopic (exact) mass is 763 g/mol. The number of carbonyl (C=O) groups excluding carboxylic acids is 1. The largest absolute Gasteiger partial charge is 0.490 e. The first-order valence-corrected chi connectivity index (χ1v) is 20.7. The van der Waals surface area contributed by atoms with Gasteiger partial charge in [-0.2, -0.15) is 5.26 Å². The number of nitriles is 1. The molecule has 1 amide bonds. The number of amides is 1. The lowest BCUT2D eigenvalue weighted by atomic mass is 9.72. The maximum atomic E-state index is 10.8. The topological polar surface area (TPSA) is 109 Å². The van der Waals surface area contributed by atoms with Crippen LogP contribution in [0.3, 0.4) is 0 Å². The first-order valence-electron chi connectivity index (χ1n) is 20.7. The van der Waals surface area contributed by atoms with Crippen LogP contribution in [0.15, 0.2) is 72.8 Å². The molecule has 0 bridgehead atoms. The molecular formula is C49H70N4O3. The third kappa shape index (κ3) is 13.8. The van der Waals surface area contributed by atoms with Gasteiger partial charge in [-0.05, 0) is 143 Å². The number of hydrogen-bond donors (Lipinski definition) is 3. The second kappa shape index (κ2) is 20.9. The van der Waals surface area contributed by atoms with E-state index in [-0.39, 0.29) is 13.3 Å². The Hall–Kier alpha value is -4.12. The molecule has 0 spiro atoms. The van der Waals surface area contributed by atoms with E-state index in [4.69, 9.17) is 20.5 Å². The zero-order valence-electron chi connectivity index (χ0n) is 34.4. The molecule has 2 aliphatic rings. The summed E-state index contributed by atoms with van der Waals surface area (Å²) in [5.74, 6) is 3.30. The molecule has 0 unspecified atom stereocenters. The first kappa shape index (κ1) is 44.6. The van der Waals surface area contributed by atoms with Crippen LogP contribution in [0, 0.1) is 34.0 Å². The Labute approximate surface area is 338 Å². The predicted molar refractivity (Wildman–Crippen MR) is 234 cm³/mol. The summed E-state index contributed by atoms with van der Waals surface area (Å²) in [7, 11) is 0. The normalized spacial score (nSPS) is 19.9. The Morgan fingerprint density at radius 3 is 1.43 bits per heavy atom. The van der Waals surface area contributed by atoms with Gasteiger partial charge in [0, 0.05) is 39.0 Å². The number of carbonyl (C=O) groups is 1. The van der Waals surface area contributed by atoms with Gasteiger partial charge in [-0.1, -0.05) is 85.4 Å². The molecule has 0 atom stereocenters. The summed E-state index contributed by atoms with van der Waals surface area (Å²) in [6.07, 6.45) is 11.3. The summed E-state index contributed by atoms with van der Waals surface area (Å²) < 4.78 is 12.6. The summed E-state index contributed by atoms with van der Waals surface area (Å²) in [5.41, 5.74) is 8.42. The van der Waals surface area contributed by atoms with Gasteiger partial charge in [0.15, 0.2) is 0 Å². The second-order valence-electron chi connectivity index (χ2n) is 18.1. The molecule has 4 N–H and O–H groups in total. The Bertz CT molecular complexity index is 1870. The van der Waals surface area contributed by atoms with Crippen LogP contribution in [0.4, 0.5) is 0 Å². The van der Waals surface area contributed by atoms with Crippen LogP contribution in [-0.2, 0) is 17.9 Å². The van der Waals surface area contributed by atoms with E-state index in [2.05, 4.69) is 131 Å².